The fourth-order valence-corrected chi connectivity index (χ4v) is 2.80. The van der Waals surface area contributed by atoms with Gasteiger partial charge >= 0.3 is 0 Å². The van der Waals surface area contributed by atoms with Crippen LogP contribution in [0.15, 0.2) is 29.3 Å². The number of aryl methyl sites for hydroxylation is 1. The molecular weight excluding hydrogens is 415 g/mol. The van der Waals surface area contributed by atoms with Gasteiger partial charge in [0.15, 0.2) is 11.8 Å². The van der Waals surface area contributed by atoms with Crippen molar-refractivity contribution in [3.05, 3.63) is 41.5 Å². The first-order valence-corrected chi connectivity index (χ1v) is 8.25. The van der Waals surface area contributed by atoms with Crippen molar-refractivity contribution in [1.29, 1.82) is 0 Å². The standard InChI is InChI=1S/C17H24N6.HI/c1-3-12(2)13-6-8-14(9-7-13)20-17(18)19-11-16-22-21-15-5-4-10-23(15)16;/h6-9,12H,3-5,10-11H2,1-2H3,(H3,18,19,20);1H. The molecule has 1 aliphatic heterocycles. The Balaban J connectivity index is 0.00000208. The quantitative estimate of drug-likeness (QED) is 0.425. The predicted molar refractivity (Wildman–Crippen MR) is 108 cm³/mol. The Bertz CT molecular complexity index is 692. The van der Waals surface area contributed by atoms with E-state index >= 15 is 0 Å². The van der Waals surface area contributed by atoms with E-state index in [1.54, 1.807) is 0 Å². The number of aliphatic imine (C=N–C) groups is 1. The highest BCUT2D eigenvalue weighted by Crippen LogP contribution is 2.20. The van der Waals surface area contributed by atoms with Crippen LogP contribution in [0.2, 0.25) is 0 Å². The van der Waals surface area contributed by atoms with E-state index in [0.29, 0.717) is 18.4 Å². The Morgan fingerprint density at radius 3 is 2.79 bits per heavy atom. The predicted octanol–water partition coefficient (Wildman–Crippen LogP) is 3.28. The van der Waals surface area contributed by atoms with Gasteiger partial charge in [-0.05, 0) is 36.5 Å². The summed E-state index contributed by atoms with van der Waals surface area (Å²) >= 11 is 0. The summed E-state index contributed by atoms with van der Waals surface area (Å²) in [6.45, 7) is 5.87. The van der Waals surface area contributed by atoms with Crippen molar-refractivity contribution in [1.82, 2.24) is 14.8 Å². The summed E-state index contributed by atoms with van der Waals surface area (Å²) in [5, 5.41) is 11.5. The van der Waals surface area contributed by atoms with Crippen LogP contribution in [0.1, 0.15) is 49.8 Å². The lowest BCUT2D eigenvalue weighted by Crippen LogP contribution is -2.22. The normalized spacial score (nSPS) is 14.8. The summed E-state index contributed by atoms with van der Waals surface area (Å²) in [4.78, 5) is 4.37. The maximum absolute atomic E-state index is 5.97. The molecule has 0 spiro atoms. The lowest BCUT2D eigenvalue weighted by atomic mass is 9.99. The highest BCUT2D eigenvalue weighted by molar-refractivity contribution is 14.0. The van der Waals surface area contributed by atoms with Crippen molar-refractivity contribution < 1.29 is 0 Å². The van der Waals surface area contributed by atoms with Crippen molar-refractivity contribution in [2.45, 2.75) is 52.1 Å². The van der Waals surface area contributed by atoms with Crippen LogP contribution in [0, 0.1) is 0 Å². The van der Waals surface area contributed by atoms with Gasteiger partial charge < -0.3 is 15.6 Å². The average molecular weight is 440 g/mol. The third-order valence-corrected chi connectivity index (χ3v) is 4.44. The van der Waals surface area contributed by atoms with E-state index in [2.05, 4.69) is 51.1 Å². The van der Waals surface area contributed by atoms with Crippen LogP contribution in [-0.2, 0) is 19.5 Å². The van der Waals surface area contributed by atoms with Crippen molar-refractivity contribution in [2.75, 3.05) is 5.32 Å². The number of fused-ring (bicyclic) bond motifs is 1. The molecule has 0 fully saturated rings. The minimum Gasteiger partial charge on any atom is -0.370 e. The Morgan fingerprint density at radius 2 is 2.08 bits per heavy atom. The van der Waals surface area contributed by atoms with E-state index in [9.17, 15) is 0 Å². The number of halogens is 1. The highest BCUT2D eigenvalue weighted by Gasteiger charge is 2.16. The molecule has 24 heavy (non-hydrogen) atoms. The second-order valence-corrected chi connectivity index (χ2v) is 6.05. The molecule has 0 aliphatic carbocycles. The molecule has 2 heterocycles. The first-order valence-electron chi connectivity index (χ1n) is 8.25. The molecular formula is C17H25IN6. The molecule has 3 rings (SSSR count). The molecule has 1 aromatic carbocycles. The summed E-state index contributed by atoms with van der Waals surface area (Å²) < 4.78 is 2.14. The molecule has 0 saturated carbocycles. The summed E-state index contributed by atoms with van der Waals surface area (Å²) in [6.07, 6.45) is 3.28. The molecule has 6 nitrogen and oxygen atoms in total. The average Bonchev–Trinajstić information content (AvgIpc) is 3.17. The molecule has 7 heteroatoms. The van der Waals surface area contributed by atoms with E-state index in [1.807, 2.05) is 12.1 Å². The van der Waals surface area contributed by atoms with Gasteiger partial charge in [0.1, 0.15) is 12.4 Å². The molecule has 0 amide bonds. The third-order valence-electron chi connectivity index (χ3n) is 4.44. The number of benzene rings is 1. The van der Waals surface area contributed by atoms with E-state index in [0.717, 1.165) is 43.1 Å². The second kappa shape index (κ2) is 8.46. The number of anilines is 1. The van der Waals surface area contributed by atoms with Crippen molar-refractivity contribution >= 4 is 35.6 Å². The zero-order valence-electron chi connectivity index (χ0n) is 14.2. The number of rotatable bonds is 5. The molecule has 3 N–H and O–H groups in total. The fraction of sp³-hybridized carbons (Fsp3) is 0.471. The Morgan fingerprint density at radius 1 is 1.33 bits per heavy atom. The number of nitrogens with zero attached hydrogens (tertiary/aromatic N) is 4. The van der Waals surface area contributed by atoms with Crippen LogP contribution in [0.4, 0.5) is 5.69 Å². The van der Waals surface area contributed by atoms with Crippen molar-refractivity contribution in [3.8, 4) is 0 Å². The van der Waals surface area contributed by atoms with Crippen LogP contribution in [-0.4, -0.2) is 20.7 Å². The summed E-state index contributed by atoms with van der Waals surface area (Å²) in [6, 6.07) is 8.35. The summed E-state index contributed by atoms with van der Waals surface area (Å²) in [7, 11) is 0. The summed E-state index contributed by atoms with van der Waals surface area (Å²) in [5.74, 6) is 2.92. The smallest absolute Gasteiger partial charge is 0.193 e. The van der Waals surface area contributed by atoms with Crippen molar-refractivity contribution in [3.63, 3.8) is 0 Å². The van der Waals surface area contributed by atoms with Crippen LogP contribution in [0.5, 0.6) is 0 Å². The highest BCUT2D eigenvalue weighted by atomic mass is 127. The molecule has 1 aliphatic rings. The molecule has 1 unspecified atom stereocenters. The molecule has 0 radical (unpaired) electrons. The maximum Gasteiger partial charge on any atom is 0.193 e. The molecule has 1 aromatic heterocycles. The minimum absolute atomic E-state index is 0. The van der Waals surface area contributed by atoms with E-state index < -0.39 is 0 Å². The lowest BCUT2D eigenvalue weighted by Gasteiger charge is -2.10. The zero-order valence-corrected chi connectivity index (χ0v) is 16.5. The Kier molecular flexibility index (Phi) is 6.59. The fourth-order valence-electron chi connectivity index (χ4n) is 2.80. The Labute approximate surface area is 160 Å². The number of aromatic nitrogens is 3. The number of hydrogen-bond acceptors (Lipinski definition) is 3. The first kappa shape index (κ1) is 18.7. The van der Waals surface area contributed by atoms with Crippen LogP contribution < -0.4 is 11.1 Å². The van der Waals surface area contributed by atoms with Crippen LogP contribution in [0.25, 0.3) is 0 Å². The van der Waals surface area contributed by atoms with Gasteiger partial charge in [0.05, 0.1) is 0 Å². The van der Waals surface area contributed by atoms with Gasteiger partial charge in [0, 0.05) is 18.7 Å². The van der Waals surface area contributed by atoms with Gasteiger partial charge in [0.25, 0.3) is 0 Å². The summed E-state index contributed by atoms with van der Waals surface area (Å²) in [5.41, 5.74) is 8.26. The lowest BCUT2D eigenvalue weighted by molar-refractivity contribution is 0.688. The monoisotopic (exact) mass is 440 g/mol. The number of nitrogens with two attached hydrogens (primary N) is 1. The number of hydrogen-bond donors (Lipinski definition) is 2. The van der Waals surface area contributed by atoms with Gasteiger partial charge in [-0.25, -0.2) is 4.99 Å². The van der Waals surface area contributed by atoms with E-state index in [1.165, 1.54) is 5.56 Å². The molecule has 1 atom stereocenters. The molecule has 2 aromatic rings. The third kappa shape index (κ3) is 4.25. The van der Waals surface area contributed by atoms with Gasteiger partial charge in [-0.2, -0.15) is 0 Å². The van der Waals surface area contributed by atoms with Gasteiger partial charge in [-0.15, -0.1) is 34.2 Å². The van der Waals surface area contributed by atoms with Crippen LogP contribution in [0.3, 0.4) is 0 Å². The van der Waals surface area contributed by atoms with E-state index in [-0.39, 0.29) is 24.0 Å². The topological polar surface area (TPSA) is 81.1 Å². The SMILES string of the molecule is CCC(C)c1ccc(NC(N)=NCc2nnc3n2CCC3)cc1.I. The first-order chi connectivity index (χ1) is 11.2. The van der Waals surface area contributed by atoms with Gasteiger partial charge in [0.2, 0.25) is 0 Å². The van der Waals surface area contributed by atoms with Crippen molar-refractivity contribution in [2.24, 2.45) is 10.7 Å². The largest absolute Gasteiger partial charge is 0.370 e. The van der Waals surface area contributed by atoms with Crippen LogP contribution >= 0.6 is 24.0 Å². The molecule has 130 valence electrons. The minimum atomic E-state index is 0. The number of nitrogens with one attached hydrogen (secondary N) is 1. The maximum atomic E-state index is 5.97. The van der Waals surface area contributed by atoms with Gasteiger partial charge in [-0.3, -0.25) is 0 Å². The zero-order chi connectivity index (χ0) is 16.2. The van der Waals surface area contributed by atoms with E-state index in [4.69, 9.17) is 5.73 Å². The second-order valence-electron chi connectivity index (χ2n) is 6.05. The Hall–Kier alpha value is -1.64. The molecule has 0 saturated heterocycles. The number of guanidine groups is 1. The molecule has 0 bridgehead atoms. The van der Waals surface area contributed by atoms with Gasteiger partial charge in [-0.1, -0.05) is 26.0 Å².